The molecular formula is C26H34O6. The first-order valence-corrected chi connectivity index (χ1v) is 11.0. The number of hydrogen-bond donors (Lipinski definition) is 2. The van der Waals surface area contributed by atoms with Gasteiger partial charge >= 0.3 is 11.9 Å². The lowest BCUT2D eigenvalue weighted by Crippen LogP contribution is -2.47. The number of aliphatic hydroxyl groups excluding tert-OH is 2. The first kappa shape index (κ1) is 25.6. The van der Waals surface area contributed by atoms with Gasteiger partial charge in [0.2, 0.25) is 0 Å². The number of benzene rings is 2. The van der Waals surface area contributed by atoms with Gasteiger partial charge in [0.15, 0.2) is 0 Å². The summed E-state index contributed by atoms with van der Waals surface area (Å²) in [4.78, 5) is 25.6. The third-order valence-electron chi connectivity index (χ3n) is 5.08. The van der Waals surface area contributed by atoms with Crippen LogP contribution in [0.2, 0.25) is 0 Å². The van der Waals surface area contributed by atoms with E-state index in [1.54, 1.807) is 27.7 Å². The Bertz CT molecular complexity index is 762. The summed E-state index contributed by atoms with van der Waals surface area (Å²) in [5.74, 6) is -3.32. The summed E-state index contributed by atoms with van der Waals surface area (Å²) in [6.45, 7) is 6.88. The molecule has 0 heterocycles. The Morgan fingerprint density at radius 2 is 0.969 bits per heavy atom. The average molecular weight is 443 g/mol. The third kappa shape index (κ3) is 7.77. The number of aliphatic hydroxyl groups is 2. The fourth-order valence-corrected chi connectivity index (χ4v) is 3.54. The molecule has 0 aromatic heterocycles. The van der Waals surface area contributed by atoms with E-state index in [-0.39, 0.29) is 25.0 Å². The van der Waals surface area contributed by atoms with Crippen LogP contribution in [0, 0.1) is 11.8 Å². The van der Waals surface area contributed by atoms with Crippen molar-refractivity contribution in [2.24, 2.45) is 11.8 Å². The normalized spacial score (nSPS) is 15.1. The van der Waals surface area contributed by atoms with Crippen LogP contribution in [0.25, 0.3) is 0 Å². The summed E-state index contributed by atoms with van der Waals surface area (Å²) >= 11 is 0. The smallest absolute Gasteiger partial charge is 0.312 e. The molecule has 2 aromatic carbocycles. The Labute approximate surface area is 190 Å². The van der Waals surface area contributed by atoms with Gasteiger partial charge < -0.3 is 19.7 Å². The first-order valence-electron chi connectivity index (χ1n) is 11.0. The van der Waals surface area contributed by atoms with Gasteiger partial charge in [0.25, 0.3) is 0 Å². The van der Waals surface area contributed by atoms with E-state index in [2.05, 4.69) is 0 Å². The monoisotopic (exact) mass is 442 g/mol. The van der Waals surface area contributed by atoms with Gasteiger partial charge in [-0.15, -0.1) is 0 Å². The molecular weight excluding hydrogens is 408 g/mol. The van der Waals surface area contributed by atoms with Crippen molar-refractivity contribution in [3.8, 4) is 0 Å². The molecule has 0 saturated carbocycles. The Kier molecular flexibility index (Phi) is 9.88. The molecule has 0 radical (unpaired) electrons. The van der Waals surface area contributed by atoms with E-state index in [4.69, 9.17) is 9.47 Å². The third-order valence-corrected chi connectivity index (χ3v) is 5.08. The molecule has 2 N–H and O–H groups in total. The van der Waals surface area contributed by atoms with Crippen molar-refractivity contribution >= 4 is 11.9 Å². The zero-order chi connectivity index (χ0) is 23.7. The number of carbonyl (C=O) groups is 2. The maximum atomic E-state index is 12.8. The molecule has 0 amide bonds. The highest BCUT2D eigenvalue weighted by Crippen LogP contribution is 2.25. The van der Waals surface area contributed by atoms with Crippen LogP contribution >= 0.6 is 0 Å². The molecule has 0 bridgehead atoms. The Morgan fingerprint density at radius 1 is 0.656 bits per heavy atom. The minimum atomic E-state index is -1.52. The van der Waals surface area contributed by atoms with Crippen molar-refractivity contribution in [1.82, 2.24) is 0 Å². The second-order valence-corrected chi connectivity index (χ2v) is 8.54. The van der Waals surface area contributed by atoms with Gasteiger partial charge in [-0.1, -0.05) is 60.7 Å². The van der Waals surface area contributed by atoms with Crippen molar-refractivity contribution in [3.63, 3.8) is 0 Å². The van der Waals surface area contributed by atoms with Gasteiger partial charge in [0.1, 0.15) is 0 Å². The van der Waals surface area contributed by atoms with Crippen LogP contribution in [-0.2, 0) is 31.9 Å². The molecule has 4 atom stereocenters. The molecule has 0 aliphatic carbocycles. The lowest BCUT2D eigenvalue weighted by molar-refractivity contribution is -0.169. The highest BCUT2D eigenvalue weighted by Gasteiger charge is 2.41. The molecule has 0 saturated heterocycles. The number of esters is 2. The van der Waals surface area contributed by atoms with Gasteiger partial charge in [-0.25, -0.2) is 0 Å². The largest absolute Gasteiger partial charge is 0.463 e. The molecule has 0 aliphatic rings. The summed E-state index contributed by atoms with van der Waals surface area (Å²) < 4.78 is 10.7. The maximum absolute atomic E-state index is 12.8. The van der Waals surface area contributed by atoms with Crippen LogP contribution in [0.3, 0.4) is 0 Å². The van der Waals surface area contributed by atoms with Crippen LogP contribution in [-0.4, -0.2) is 46.6 Å². The maximum Gasteiger partial charge on any atom is 0.312 e. The molecule has 2 aromatic rings. The molecule has 32 heavy (non-hydrogen) atoms. The zero-order valence-corrected chi connectivity index (χ0v) is 19.2. The molecule has 174 valence electrons. The summed E-state index contributed by atoms with van der Waals surface area (Å²) in [5.41, 5.74) is 1.63. The summed E-state index contributed by atoms with van der Waals surface area (Å²) in [6, 6.07) is 18.4. The van der Waals surface area contributed by atoms with E-state index in [1.807, 2.05) is 60.7 Å². The van der Waals surface area contributed by atoms with E-state index in [0.29, 0.717) is 0 Å². The second kappa shape index (κ2) is 12.4. The standard InChI is InChI=1S/C26H34O6/c1-17(2)31-25(29)21(15-19-11-7-5-8-12-19)23(27)24(28)22(26(30)32-18(3)4)16-20-13-9-6-10-14-20/h5-14,17-18,21-24,27-28H,15-16H2,1-4H3. The van der Waals surface area contributed by atoms with Crippen molar-refractivity contribution in [2.45, 2.75) is 65.0 Å². The predicted octanol–water partition coefficient (Wildman–Crippen LogP) is 3.33. The van der Waals surface area contributed by atoms with Crippen molar-refractivity contribution in [2.75, 3.05) is 0 Å². The fourth-order valence-electron chi connectivity index (χ4n) is 3.54. The van der Waals surface area contributed by atoms with E-state index >= 15 is 0 Å². The molecule has 0 fully saturated rings. The quantitative estimate of drug-likeness (QED) is 0.519. The van der Waals surface area contributed by atoms with Crippen LogP contribution in [0.15, 0.2) is 60.7 Å². The molecule has 6 heteroatoms. The highest BCUT2D eigenvalue weighted by molar-refractivity contribution is 5.76. The molecule has 0 aliphatic heterocycles. The topological polar surface area (TPSA) is 93.1 Å². The number of ether oxygens (including phenoxy) is 2. The van der Waals surface area contributed by atoms with E-state index < -0.39 is 36.0 Å². The van der Waals surface area contributed by atoms with Crippen molar-refractivity contribution in [3.05, 3.63) is 71.8 Å². The SMILES string of the molecule is CC(C)OC(=O)C(Cc1ccccc1)C(O)C(O)C(Cc1ccccc1)C(=O)OC(C)C. The lowest BCUT2D eigenvalue weighted by Gasteiger charge is -2.31. The summed E-state index contributed by atoms with van der Waals surface area (Å²) in [7, 11) is 0. The van der Waals surface area contributed by atoms with Gasteiger partial charge in [-0.2, -0.15) is 0 Å². The minimum absolute atomic E-state index is 0.169. The van der Waals surface area contributed by atoms with Crippen LogP contribution < -0.4 is 0 Å². The lowest BCUT2D eigenvalue weighted by atomic mass is 9.83. The Morgan fingerprint density at radius 3 is 1.25 bits per heavy atom. The number of hydrogen-bond acceptors (Lipinski definition) is 6. The zero-order valence-electron chi connectivity index (χ0n) is 19.2. The van der Waals surface area contributed by atoms with Crippen LogP contribution in [0.5, 0.6) is 0 Å². The summed E-state index contributed by atoms with van der Waals surface area (Å²) in [5, 5.41) is 22.2. The van der Waals surface area contributed by atoms with Gasteiger partial charge in [-0.3, -0.25) is 9.59 Å². The highest BCUT2D eigenvalue weighted by atomic mass is 16.5. The fraction of sp³-hybridized carbons (Fsp3) is 0.462. The number of rotatable bonds is 11. The van der Waals surface area contributed by atoms with Crippen molar-refractivity contribution in [1.29, 1.82) is 0 Å². The minimum Gasteiger partial charge on any atom is -0.463 e. The van der Waals surface area contributed by atoms with Gasteiger partial charge in [0, 0.05) is 0 Å². The average Bonchev–Trinajstić information content (AvgIpc) is 2.75. The first-order chi connectivity index (χ1) is 15.2. The van der Waals surface area contributed by atoms with Gasteiger partial charge in [-0.05, 0) is 51.7 Å². The van der Waals surface area contributed by atoms with Crippen LogP contribution in [0.1, 0.15) is 38.8 Å². The second-order valence-electron chi connectivity index (χ2n) is 8.54. The molecule has 0 spiro atoms. The molecule has 2 rings (SSSR count). The Balaban J connectivity index is 2.31. The number of carbonyl (C=O) groups excluding carboxylic acids is 2. The Hall–Kier alpha value is -2.70. The van der Waals surface area contributed by atoms with Crippen LogP contribution in [0.4, 0.5) is 0 Å². The summed E-state index contributed by atoms with van der Waals surface area (Å²) in [6.07, 6.45) is -3.46. The van der Waals surface area contributed by atoms with E-state index in [9.17, 15) is 19.8 Å². The van der Waals surface area contributed by atoms with E-state index in [0.717, 1.165) is 11.1 Å². The van der Waals surface area contributed by atoms with Gasteiger partial charge in [0.05, 0.1) is 36.3 Å². The van der Waals surface area contributed by atoms with E-state index in [1.165, 1.54) is 0 Å². The predicted molar refractivity (Wildman–Crippen MR) is 122 cm³/mol. The molecule has 6 nitrogen and oxygen atoms in total. The molecule has 4 unspecified atom stereocenters. The van der Waals surface area contributed by atoms with Crippen molar-refractivity contribution < 1.29 is 29.3 Å².